The molecule has 2 rings (SSSR count). The minimum absolute atomic E-state index is 0.00393. The van der Waals surface area contributed by atoms with Gasteiger partial charge in [-0.25, -0.2) is 0 Å². The molecule has 0 aliphatic heterocycles. The zero-order chi connectivity index (χ0) is 14.6. The molecule has 1 aromatic rings. The number of carbonyl (C=O) groups is 1. The Balaban J connectivity index is 2.08. The maximum absolute atomic E-state index is 12.3. The van der Waals surface area contributed by atoms with Crippen molar-refractivity contribution in [2.75, 3.05) is 6.61 Å². The molecule has 1 aliphatic rings. The van der Waals surface area contributed by atoms with Crippen LogP contribution >= 0.6 is 0 Å². The summed E-state index contributed by atoms with van der Waals surface area (Å²) in [4.78, 5) is 12.3. The van der Waals surface area contributed by atoms with Crippen molar-refractivity contribution in [1.82, 2.24) is 5.32 Å². The molecule has 2 unspecified atom stereocenters. The number of aliphatic hydroxyl groups excluding tert-OH is 1. The molecule has 20 heavy (non-hydrogen) atoms. The van der Waals surface area contributed by atoms with Gasteiger partial charge in [0, 0.05) is 12.1 Å². The number of nitrogens with two attached hydrogens (primary N) is 1. The molecule has 0 bridgehead atoms. The summed E-state index contributed by atoms with van der Waals surface area (Å²) in [6.07, 6.45) is 3.91. The standard InChI is InChI=1S/C16H24N2O2/c1-12-3-2-8-16(9-12,11-19)18-15(20)14-6-4-13(10-17)5-7-14/h4-7,12,19H,2-3,8-11,17H2,1H3,(H,18,20). The van der Waals surface area contributed by atoms with Crippen LogP contribution < -0.4 is 11.1 Å². The lowest BCUT2D eigenvalue weighted by atomic mass is 9.76. The van der Waals surface area contributed by atoms with Gasteiger partial charge in [-0.15, -0.1) is 0 Å². The summed E-state index contributed by atoms with van der Waals surface area (Å²) < 4.78 is 0. The van der Waals surface area contributed by atoms with Gasteiger partial charge in [0.05, 0.1) is 12.1 Å². The van der Waals surface area contributed by atoms with Crippen LogP contribution in [0.2, 0.25) is 0 Å². The van der Waals surface area contributed by atoms with Crippen molar-refractivity contribution < 1.29 is 9.90 Å². The van der Waals surface area contributed by atoms with Gasteiger partial charge in [-0.2, -0.15) is 0 Å². The Kier molecular flexibility index (Phi) is 4.78. The summed E-state index contributed by atoms with van der Waals surface area (Å²) in [5.74, 6) is 0.424. The molecule has 0 radical (unpaired) electrons. The third kappa shape index (κ3) is 3.38. The Hall–Kier alpha value is -1.39. The molecular weight excluding hydrogens is 252 g/mol. The Bertz CT molecular complexity index is 458. The summed E-state index contributed by atoms with van der Waals surface area (Å²) in [6, 6.07) is 7.30. The highest BCUT2D eigenvalue weighted by Crippen LogP contribution is 2.32. The van der Waals surface area contributed by atoms with Crippen LogP contribution in [-0.2, 0) is 6.54 Å². The number of hydrogen-bond acceptors (Lipinski definition) is 3. The summed E-state index contributed by atoms with van der Waals surface area (Å²) in [6.45, 7) is 2.65. The fourth-order valence-corrected chi connectivity index (χ4v) is 3.06. The monoisotopic (exact) mass is 276 g/mol. The average Bonchev–Trinajstić information content (AvgIpc) is 2.47. The summed E-state index contributed by atoms with van der Waals surface area (Å²) in [5.41, 5.74) is 6.72. The third-order valence-corrected chi connectivity index (χ3v) is 4.22. The molecule has 0 aromatic heterocycles. The van der Waals surface area contributed by atoms with Gasteiger partial charge in [-0.05, 0) is 36.5 Å². The maximum atomic E-state index is 12.3. The third-order valence-electron chi connectivity index (χ3n) is 4.22. The van der Waals surface area contributed by atoms with E-state index in [0.29, 0.717) is 18.0 Å². The number of carbonyl (C=O) groups excluding carboxylic acids is 1. The Morgan fingerprint density at radius 2 is 2.15 bits per heavy atom. The molecule has 1 amide bonds. The highest BCUT2D eigenvalue weighted by Gasteiger charge is 2.35. The van der Waals surface area contributed by atoms with Gasteiger partial charge in [0.15, 0.2) is 0 Å². The first-order valence-corrected chi connectivity index (χ1v) is 7.31. The number of benzene rings is 1. The Morgan fingerprint density at radius 1 is 1.45 bits per heavy atom. The van der Waals surface area contributed by atoms with E-state index in [2.05, 4.69) is 12.2 Å². The molecule has 1 fully saturated rings. The summed E-state index contributed by atoms with van der Waals surface area (Å²) in [7, 11) is 0. The Labute approximate surface area is 120 Å². The van der Waals surface area contributed by atoms with Crippen LogP contribution in [0.15, 0.2) is 24.3 Å². The van der Waals surface area contributed by atoms with E-state index in [0.717, 1.165) is 24.8 Å². The van der Waals surface area contributed by atoms with E-state index < -0.39 is 5.54 Å². The lowest BCUT2D eigenvalue weighted by Gasteiger charge is -2.39. The van der Waals surface area contributed by atoms with Crippen molar-refractivity contribution >= 4 is 5.91 Å². The van der Waals surface area contributed by atoms with Crippen LogP contribution in [0, 0.1) is 5.92 Å². The highest BCUT2D eigenvalue weighted by molar-refractivity contribution is 5.94. The van der Waals surface area contributed by atoms with Gasteiger partial charge < -0.3 is 16.2 Å². The fraction of sp³-hybridized carbons (Fsp3) is 0.562. The van der Waals surface area contributed by atoms with E-state index in [1.165, 1.54) is 6.42 Å². The largest absolute Gasteiger partial charge is 0.394 e. The minimum Gasteiger partial charge on any atom is -0.394 e. The van der Waals surface area contributed by atoms with Gasteiger partial charge in [-0.3, -0.25) is 4.79 Å². The lowest BCUT2D eigenvalue weighted by molar-refractivity contribution is 0.0697. The van der Waals surface area contributed by atoms with E-state index in [9.17, 15) is 9.90 Å². The number of rotatable bonds is 4. The van der Waals surface area contributed by atoms with E-state index in [1.54, 1.807) is 12.1 Å². The molecule has 1 saturated carbocycles. The second kappa shape index (κ2) is 6.37. The molecule has 4 heteroatoms. The molecule has 110 valence electrons. The molecule has 0 saturated heterocycles. The first-order chi connectivity index (χ1) is 9.58. The molecule has 4 nitrogen and oxygen atoms in total. The topological polar surface area (TPSA) is 75.3 Å². The molecule has 1 aliphatic carbocycles. The molecular formula is C16H24N2O2. The van der Waals surface area contributed by atoms with Crippen molar-refractivity contribution in [2.24, 2.45) is 11.7 Å². The van der Waals surface area contributed by atoms with E-state index in [1.807, 2.05) is 12.1 Å². The van der Waals surface area contributed by atoms with Crippen molar-refractivity contribution in [3.63, 3.8) is 0 Å². The fourth-order valence-electron chi connectivity index (χ4n) is 3.06. The molecule has 1 aromatic carbocycles. The second-order valence-corrected chi connectivity index (χ2v) is 6.00. The van der Waals surface area contributed by atoms with Gasteiger partial charge in [0.2, 0.25) is 0 Å². The van der Waals surface area contributed by atoms with E-state index in [-0.39, 0.29) is 12.5 Å². The van der Waals surface area contributed by atoms with Crippen LogP contribution in [0.3, 0.4) is 0 Å². The maximum Gasteiger partial charge on any atom is 0.251 e. The summed E-state index contributed by atoms with van der Waals surface area (Å²) in [5, 5.41) is 12.8. The molecule has 2 atom stereocenters. The summed E-state index contributed by atoms with van der Waals surface area (Å²) >= 11 is 0. The van der Waals surface area contributed by atoms with Crippen LogP contribution in [0.4, 0.5) is 0 Å². The zero-order valence-electron chi connectivity index (χ0n) is 12.1. The number of hydrogen-bond donors (Lipinski definition) is 3. The second-order valence-electron chi connectivity index (χ2n) is 6.00. The van der Waals surface area contributed by atoms with Crippen LogP contribution in [-0.4, -0.2) is 23.2 Å². The first kappa shape index (κ1) is 15.0. The average molecular weight is 276 g/mol. The van der Waals surface area contributed by atoms with E-state index >= 15 is 0 Å². The number of nitrogens with one attached hydrogen (secondary N) is 1. The highest BCUT2D eigenvalue weighted by atomic mass is 16.3. The molecule has 0 heterocycles. The van der Waals surface area contributed by atoms with Crippen LogP contribution in [0.1, 0.15) is 48.5 Å². The molecule has 4 N–H and O–H groups in total. The molecule has 0 spiro atoms. The van der Waals surface area contributed by atoms with Crippen molar-refractivity contribution in [1.29, 1.82) is 0 Å². The van der Waals surface area contributed by atoms with Gasteiger partial charge in [0.1, 0.15) is 0 Å². The normalized spacial score (nSPS) is 26.2. The van der Waals surface area contributed by atoms with Gasteiger partial charge in [0.25, 0.3) is 5.91 Å². The smallest absolute Gasteiger partial charge is 0.251 e. The first-order valence-electron chi connectivity index (χ1n) is 7.31. The SMILES string of the molecule is CC1CCCC(CO)(NC(=O)c2ccc(CN)cc2)C1. The van der Waals surface area contributed by atoms with Gasteiger partial charge >= 0.3 is 0 Å². The number of aliphatic hydroxyl groups is 1. The predicted molar refractivity (Wildman–Crippen MR) is 79.2 cm³/mol. The van der Waals surface area contributed by atoms with Crippen molar-refractivity contribution in [3.05, 3.63) is 35.4 Å². The minimum atomic E-state index is -0.457. The van der Waals surface area contributed by atoms with E-state index in [4.69, 9.17) is 5.73 Å². The zero-order valence-corrected chi connectivity index (χ0v) is 12.1. The van der Waals surface area contributed by atoms with Crippen molar-refractivity contribution in [2.45, 2.75) is 44.7 Å². The van der Waals surface area contributed by atoms with Crippen LogP contribution in [0.25, 0.3) is 0 Å². The Morgan fingerprint density at radius 3 is 2.70 bits per heavy atom. The van der Waals surface area contributed by atoms with Crippen molar-refractivity contribution in [3.8, 4) is 0 Å². The predicted octanol–water partition coefficient (Wildman–Crippen LogP) is 1.82. The quantitative estimate of drug-likeness (QED) is 0.785. The lowest BCUT2D eigenvalue weighted by Crippen LogP contribution is -2.53. The number of amides is 1. The van der Waals surface area contributed by atoms with Crippen LogP contribution in [0.5, 0.6) is 0 Å². The van der Waals surface area contributed by atoms with Gasteiger partial charge in [-0.1, -0.05) is 31.9 Å².